The summed E-state index contributed by atoms with van der Waals surface area (Å²) in [5.41, 5.74) is 1.81. The van der Waals surface area contributed by atoms with Crippen LogP contribution in [0.5, 0.6) is 23.0 Å². The van der Waals surface area contributed by atoms with E-state index >= 15 is 0 Å². The summed E-state index contributed by atoms with van der Waals surface area (Å²) in [5, 5.41) is 15.1. The molecule has 0 saturated carbocycles. The van der Waals surface area contributed by atoms with Crippen LogP contribution in [0.15, 0.2) is 47.9 Å². The molecular weight excluding hydrogens is 510 g/mol. The summed E-state index contributed by atoms with van der Waals surface area (Å²) >= 11 is 1.34. The molecule has 2 heterocycles. The van der Waals surface area contributed by atoms with Crippen molar-refractivity contribution in [3.8, 4) is 34.1 Å². The molecule has 0 atom stereocenters. The maximum absolute atomic E-state index is 13.9. The molecule has 0 saturated heterocycles. The molecule has 38 heavy (non-hydrogen) atoms. The van der Waals surface area contributed by atoms with E-state index in [2.05, 4.69) is 4.98 Å². The van der Waals surface area contributed by atoms with E-state index in [0.717, 1.165) is 4.73 Å². The fraction of sp³-hybridized carbons (Fsp3) is 0.296. The minimum Gasteiger partial charge on any atom is -0.618 e. The van der Waals surface area contributed by atoms with Crippen LogP contribution in [0.2, 0.25) is 0 Å². The van der Waals surface area contributed by atoms with Crippen LogP contribution in [-0.4, -0.2) is 50.6 Å². The summed E-state index contributed by atoms with van der Waals surface area (Å²) in [6, 6.07) is 8.61. The number of esters is 1. The van der Waals surface area contributed by atoms with Crippen LogP contribution < -0.4 is 23.7 Å². The van der Waals surface area contributed by atoms with E-state index in [4.69, 9.17) is 23.7 Å². The zero-order valence-electron chi connectivity index (χ0n) is 22.1. The summed E-state index contributed by atoms with van der Waals surface area (Å²) < 4.78 is 30.0. The van der Waals surface area contributed by atoms with E-state index in [1.54, 1.807) is 50.6 Å². The highest BCUT2D eigenvalue weighted by Gasteiger charge is 2.32. The van der Waals surface area contributed by atoms with Gasteiger partial charge >= 0.3 is 5.97 Å². The lowest BCUT2D eigenvalue weighted by atomic mass is 9.93. The van der Waals surface area contributed by atoms with Gasteiger partial charge in [-0.25, -0.2) is 9.78 Å². The van der Waals surface area contributed by atoms with Crippen molar-refractivity contribution in [3.63, 3.8) is 0 Å². The number of ether oxygens (including phenoxy) is 5. The predicted molar refractivity (Wildman–Crippen MR) is 143 cm³/mol. The number of hydrogen-bond donors (Lipinski definition) is 0. The normalized spacial score (nSPS) is 10.9. The van der Waals surface area contributed by atoms with Crippen molar-refractivity contribution in [1.82, 2.24) is 9.55 Å². The van der Waals surface area contributed by atoms with Gasteiger partial charge in [0.25, 0.3) is 0 Å². The second kappa shape index (κ2) is 11.5. The first-order chi connectivity index (χ1) is 18.4. The molecule has 0 aliphatic heterocycles. The number of nitrogens with zero attached hydrogens (tertiary/aromatic N) is 3. The van der Waals surface area contributed by atoms with Crippen molar-refractivity contribution in [2.75, 3.05) is 35.0 Å². The average molecular weight is 540 g/mol. The van der Waals surface area contributed by atoms with E-state index < -0.39 is 5.97 Å². The number of carbonyl (C=O) groups is 1. The number of thioether (sulfide) groups is 1. The number of aromatic nitrogens is 3. The van der Waals surface area contributed by atoms with Crippen LogP contribution >= 0.6 is 11.8 Å². The molecule has 0 spiro atoms. The van der Waals surface area contributed by atoms with Gasteiger partial charge < -0.3 is 33.5 Å². The number of carbonyl (C=O) groups excluding carboxylic acids is 1. The monoisotopic (exact) mass is 539 g/mol. The van der Waals surface area contributed by atoms with Gasteiger partial charge in [0.15, 0.2) is 28.2 Å². The third-order valence-corrected chi connectivity index (χ3v) is 7.11. The zero-order chi connectivity index (χ0) is 27.4. The lowest BCUT2D eigenvalue weighted by Gasteiger charge is -2.19. The average Bonchev–Trinajstić information content (AvgIpc) is 3.35. The minimum absolute atomic E-state index is 0.138. The molecule has 0 amide bonds. The van der Waals surface area contributed by atoms with E-state index in [1.165, 1.54) is 33.1 Å². The number of pyridine rings is 1. The van der Waals surface area contributed by atoms with Gasteiger partial charge in [-0.15, -0.1) is 0 Å². The standard InChI is InChI=1S/C27H29N3O7S/c1-7-37-26(31)25-19(15-38-27-28-10-11-29(27)2)30(32)18-14-23(36-6)22(35-5)13-17(18)24(25)16-8-9-20(33-3)21(12-16)34-4/h8-14H,7,15H2,1-6H3. The third-order valence-electron chi connectivity index (χ3n) is 6.04. The lowest BCUT2D eigenvalue weighted by molar-refractivity contribution is -0.584. The number of methoxy groups -OCH3 is 4. The molecule has 2 aromatic carbocycles. The molecule has 11 heteroatoms. The maximum atomic E-state index is 13.9. The molecule has 0 fully saturated rings. The molecule has 4 aromatic rings. The first-order valence-electron chi connectivity index (χ1n) is 11.7. The van der Waals surface area contributed by atoms with Crippen LogP contribution in [0.4, 0.5) is 0 Å². The molecule has 10 nitrogen and oxygen atoms in total. The van der Waals surface area contributed by atoms with Crippen LogP contribution in [-0.2, 0) is 17.5 Å². The molecule has 0 aliphatic carbocycles. The Morgan fingerprint density at radius 3 is 2.26 bits per heavy atom. The van der Waals surface area contributed by atoms with Crippen molar-refractivity contribution in [1.29, 1.82) is 0 Å². The second-order valence-electron chi connectivity index (χ2n) is 8.12. The molecule has 0 N–H and O–H groups in total. The van der Waals surface area contributed by atoms with Crippen molar-refractivity contribution in [3.05, 3.63) is 59.2 Å². The van der Waals surface area contributed by atoms with Crippen LogP contribution in [0, 0.1) is 5.21 Å². The van der Waals surface area contributed by atoms with Gasteiger partial charge in [0.1, 0.15) is 5.56 Å². The Kier molecular flexibility index (Phi) is 8.16. The molecule has 0 unspecified atom stereocenters. The summed E-state index contributed by atoms with van der Waals surface area (Å²) in [7, 11) is 7.95. The molecule has 200 valence electrons. The highest BCUT2D eigenvalue weighted by molar-refractivity contribution is 7.98. The van der Waals surface area contributed by atoms with Gasteiger partial charge in [-0.1, -0.05) is 17.8 Å². The van der Waals surface area contributed by atoms with Gasteiger partial charge in [-0.2, -0.15) is 4.73 Å². The number of imidazole rings is 1. The van der Waals surface area contributed by atoms with Crippen LogP contribution in [0.25, 0.3) is 22.0 Å². The van der Waals surface area contributed by atoms with E-state index in [-0.39, 0.29) is 23.6 Å². The Balaban J connectivity index is 2.10. The van der Waals surface area contributed by atoms with Crippen molar-refractivity contribution < 1.29 is 33.2 Å². The second-order valence-corrected chi connectivity index (χ2v) is 9.06. The maximum Gasteiger partial charge on any atom is 0.345 e. The fourth-order valence-electron chi connectivity index (χ4n) is 4.23. The summed E-state index contributed by atoms with van der Waals surface area (Å²) in [5.74, 6) is 1.33. The Labute approximate surface area is 224 Å². The summed E-state index contributed by atoms with van der Waals surface area (Å²) in [6.07, 6.45) is 3.48. The lowest BCUT2D eigenvalue weighted by Crippen LogP contribution is -2.36. The molecule has 0 bridgehead atoms. The Bertz CT molecular complexity index is 1490. The number of benzene rings is 2. The third kappa shape index (κ3) is 4.89. The first-order valence-corrected chi connectivity index (χ1v) is 12.7. The Morgan fingerprint density at radius 1 is 1.00 bits per heavy atom. The number of rotatable bonds is 10. The highest BCUT2D eigenvalue weighted by Crippen LogP contribution is 2.42. The van der Waals surface area contributed by atoms with Crippen molar-refractivity contribution in [2.45, 2.75) is 17.8 Å². The molecule has 0 aliphatic rings. The Morgan fingerprint density at radius 2 is 1.66 bits per heavy atom. The SMILES string of the molecule is CCOC(=O)c1c(-c2ccc(OC)c(OC)c2)c2cc(OC)c(OC)cc2[n+]([O-])c1CSc1nccn1C. The van der Waals surface area contributed by atoms with Crippen molar-refractivity contribution >= 4 is 28.6 Å². The summed E-state index contributed by atoms with van der Waals surface area (Å²) in [4.78, 5) is 17.9. The van der Waals surface area contributed by atoms with Gasteiger partial charge in [0, 0.05) is 25.0 Å². The smallest absolute Gasteiger partial charge is 0.345 e. The van der Waals surface area contributed by atoms with E-state index in [0.29, 0.717) is 50.2 Å². The first kappa shape index (κ1) is 26.9. The Hall–Kier alpha value is -4.12. The van der Waals surface area contributed by atoms with Gasteiger partial charge in [-0.3, -0.25) is 0 Å². The topological polar surface area (TPSA) is 108 Å². The molecular formula is C27H29N3O7S. The number of fused-ring (bicyclic) bond motifs is 1. The fourth-order valence-corrected chi connectivity index (χ4v) is 5.16. The van der Waals surface area contributed by atoms with Crippen LogP contribution in [0.3, 0.4) is 0 Å². The van der Waals surface area contributed by atoms with E-state index in [9.17, 15) is 10.0 Å². The van der Waals surface area contributed by atoms with Gasteiger partial charge in [-0.05, 0) is 30.7 Å². The summed E-state index contributed by atoms with van der Waals surface area (Å²) in [6.45, 7) is 1.86. The van der Waals surface area contributed by atoms with Gasteiger partial charge in [0.2, 0.25) is 11.2 Å². The minimum atomic E-state index is -0.617. The van der Waals surface area contributed by atoms with Crippen LogP contribution in [0.1, 0.15) is 23.0 Å². The highest BCUT2D eigenvalue weighted by atomic mass is 32.2. The zero-order valence-corrected chi connectivity index (χ0v) is 22.9. The molecule has 4 rings (SSSR count). The number of aryl methyl sites for hydroxylation is 1. The quantitative estimate of drug-likeness (QED) is 0.126. The number of hydrogen-bond acceptors (Lipinski definition) is 9. The molecule has 0 radical (unpaired) electrons. The van der Waals surface area contributed by atoms with Crippen molar-refractivity contribution in [2.24, 2.45) is 7.05 Å². The van der Waals surface area contributed by atoms with E-state index in [1.807, 2.05) is 17.8 Å². The largest absolute Gasteiger partial charge is 0.618 e. The van der Waals surface area contributed by atoms with Gasteiger partial charge in [0.05, 0.1) is 52.3 Å². The molecule has 2 aromatic heterocycles. The predicted octanol–water partition coefficient (Wildman–Crippen LogP) is 4.38.